The third kappa shape index (κ3) is 5.78. The molecule has 0 aliphatic rings. The van der Waals surface area contributed by atoms with Gasteiger partial charge in [-0.25, -0.2) is 23.5 Å². The van der Waals surface area contributed by atoms with Crippen molar-refractivity contribution in [2.45, 2.75) is 26.2 Å². The summed E-state index contributed by atoms with van der Waals surface area (Å²) >= 11 is 0. The smallest absolute Gasteiger partial charge is 0.209 e. The molecule has 0 bridgehead atoms. The lowest BCUT2D eigenvalue weighted by atomic mass is 10.3. The first-order chi connectivity index (χ1) is 8.40. The zero-order valence-electron chi connectivity index (χ0n) is 10.4. The van der Waals surface area contributed by atoms with E-state index in [2.05, 4.69) is 15.3 Å². The van der Waals surface area contributed by atoms with Crippen molar-refractivity contribution in [3.8, 4) is 0 Å². The Balaban J connectivity index is 2.51. The third-order valence-corrected chi connectivity index (χ3v) is 3.04. The average Bonchev–Trinajstić information content (AvgIpc) is 2.23. The molecule has 0 saturated carbocycles. The van der Waals surface area contributed by atoms with Crippen LogP contribution in [-0.4, -0.2) is 30.7 Å². The van der Waals surface area contributed by atoms with E-state index in [0.717, 1.165) is 12.8 Å². The standard InChI is InChI=1S/C10H19N5O2S/c1-2-4-9-14-8(11)7-10(15-9)13-5-3-6-18(12,16)17/h7H,2-6H2,1H3,(H2,12,16,17)(H3,11,13,14,15). The summed E-state index contributed by atoms with van der Waals surface area (Å²) in [5, 5.41) is 7.91. The minimum absolute atomic E-state index is 0.0532. The SMILES string of the molecule is CCCc1nc(N)cc(NCCCS(N)(=O)=O)n1. The average molecular weight is 273 g/mol. The quantitative estimate of drug-likeness (QED) is 0.605. The second-order valence-electron chi connectivity index (χ2n) is 3.99. The van der Waals surface area contributed by atoms with Crippen LogP contribution in [0.25, 0.3) is 0 Å². The number of anilines is 2. The van der Waals surface area contributed by atoms with Crippen molar-refractivity contribution in [2.75, 3.05) is 23.3 Å². The summed E-state index contributed by atoms with van der Waals surface area (Å²) < 4.78 is 21.5. The fraction of sp³-hybridized carbons (Fsp3) is 0.600. The van der Waals surface area contributed by atoms with Crippen LogP contribution in [0, 0.1) is 0 Å². The van der Waals surface area contributed by atoms with Crippen LogP contribution in [0.5, 0.6) is 0 Å². The fourth-order valence-electron chi connectivity index (χ4n) is 1.43. The molecule has 0 unspecified atom stereocenters. The van der Waals surface area contributed by atoms with Gasteiger partial charge in [-0.3, -0.25) is 0 Å². The second-order valence-corrected chi connectivity index (χ2v) is 5.73. The number of aryl methyl sites for hydroxylation is 1. The molecule has 18 heavy (non-hydrogen) atoms. The van der Waals surface area contributed by atoms with Crippen molar-refractivity contribution in [1.82, 2.24) is 9.97 Å². The van der Waals surface area contributed by atoms with Crippen LogP contribution >= 0.6 is 0 Å². The van der Waals surface area contributed by atoms with Crippen LogP contribution in [0.4, 0.5) is 11.6 Å². The Morgan fingerprint density at radius 1 is 1.39 bits per heavy atom. The van der Waals surface area contributed by atoms with Gasteiger partial charge in [-0.2, -0.15) is 0 Å². The molecular formula is C10H19N5O2S. The summed E-state index contributed by atoms with van der Waals surface area (Å²) in [6.07, 6.45) is 2.12. The van der Waals surface area contributed by atoms with Gasteiger partial charge in [-0.05, 0) is 12.8 Å². The largest absolute Gasteiger partial charge is 0.384 e. The Bertz CT molecular complexity index is 489. The van der Waals surface area contributed by atoms with Crippen molar-refractivity contribution in [3.63, 3.8) is 0 Å². The van der Waals surface area contributed by atoms with Gasteiger partial charge in [0.2, 0.25) is 10.0 Å². The molecule has 0 saturated heterocycles. The highest BCUT2D eigenvalue weighted by molar-refractivity contribution is 7.89. The Morgan fingerprint density at radius 2 is 2.11 bits per heavy atom. The molecule has 7 nitrogen and oxygen atoms in total. The molecule has 1 aromatic heterocycles. The molecule has 1 aromatic rings. The predicted octanol–water partition coefficient (Wildman–Crippen LogP) is 0.102. The van der Waals surface area contributed by atoms with Gasteiger partial charge in [0, 0.05) is 19.0 Å². The third-order valence-electron chi connectivity index (χ3n) is 2.18. The van der Waals surface area contributed by atoms with Crippen molar-refractivity contribution in [2.24, 2.45) is 5.14 Å². The lowest BCUT2D eigenvalue weighted by molar-refractivity contribution is 0.595. The van der Waals surface area contributed by atoms with E-state index in [-0.39, 0.29) is 5.75 Å². The maximum atomic E-state index is 10.7. The van der Waals surface area contributed by atoms with Crippen LogP contribution in [-0.2, 0) is 16.4 Å². The van der Waals surface area contributed by atoms with Gasteiger partial charge < -0.3 is 11.1 Å². The molecular weight excluding hydrogens is 254 g/mol. The van der Waals surface area contributed by atoms with Crippen molar-refractivity contribution in [3.05, 3.63) is 11.9 Å². The Kier molecular flexibility index (Phi) is 5.29. The fourth-order valence-corrected chi connectivity index (χ4v) is 1.98. The van der Waals surface area contributed by atoms with E-state index in [9.17, 15) is 8.42 Å². The van der Waals surface area contributed by atoms with Crippen LogP contribution in [0.2, 0.25) is 0 Å². The van der Waals surface area contributed by atoms with E-state index in [1.807, 2.05) is 6.92 Å². The summed E-state index contributed by atoms with van der Waals surface area (Å²) in [7, 11) is -3.40. The van der Waals surface area contributed by atoms with Crippen LogP contribution in [0.15, 0.2) is 6.07 Å². The number of nitrogen functional groups attached to an aromatic ring is 1. The predicted molar refractivity (Wildman–Crippen MR) is 71.5 cm³/mol. The van der Waals surface area contributed by atoms with E-state index >= 15 is 0 Å². The number of nitrogens with two attached hydrogens (primary N) is 2. The van der Waals surface area contributed by atoms with E-state index in [1.165, 1.54) is 0 Å². The highest BCUT2D eigenvalue weighted by Crippen LogP contribution is 2.09. The minimum atomic E-state index is -3.40. The maximum Gasteiger partial charge on any atom is 0.209 e. The van der Waals surface area contributed by atoms with Gasteiger partial charge in [-0.15, -0.1) is 0 Å². The summed E-state index contributed by atoms with van der Waals surface area (Å²) in [5.74, 6) is 1.65. The van der Waals surface area contributed by atoms with Gasteiger partial charge in [0.05, 0.1) is 5.75 Å². The molecule has 0 fully saturated rings. The van der Waals surface area contributed by atoms with E-state index in [1.54, 1.807) is 6.07 Å². The molecule has 5 N–H and O–H groups in total. The molecule has 0 radical (unpaired) electrons. The zero-order valence-corrected chi connectivity index (χ0v) is 11.2. The normalized spacial score (nSPS) is 11.4. The molecule has 1 rings (SSSR count). The zero-order chi connectivity index (χ0) is 13.6. The number of aromatic nitrogens is 2. The molecule has 0 aromatic carbocycles. The van der Waals surface area contributed by atoms with Crippen molar-refractivity contribution in [1.29, 1.82) is 0 Å². The number of primary sulfonamides is 1. The summed E-state index contributed by atoms with van der Waals surface area (Å²) in [4.78, 5) is 8.38. The number of hydrogen-bond acceptors (Lipinski definition) is 6. The Labute approximate surface area is 107 Å². The van der Waals surface area contributed by atoms with Crippen molar-refractivity contribution >= 4 is 21.7 Å². The van der Waals surface area contributed by atoms with Gasteiger partial charge in [0.1, 0.15) is 17.5 Å². The molecule has 8 heteroatoms. The lowest BCUT2D eigenvalue weighted by Crippen LogP contribution is -2.19. The molecule has 1 heterocycles. The first-order valence-corrected chi connectivity index (χ1v) is 7.50. The lowest BCUT2D eigenvalue weighted by Gasteiger charge is -2.07. The number of rotatable bonds is 7. The van der Waals surface area contributed by atoms with Gasteiger partial charge in [0.25, 0.3) is 0 Å². The first kappa shape index (κ1) is 14.7. The topological polar surface area (TPSA) is 124 Å². The van der Waals surface area contributed by atoms with E-state index < -0.39 is 10.0 Å². The number of sulfonamides is 1. The van der Waals surface area contributed by atoms with Crippen LogP contribution in [0.1, 0.15) is 25.6 Å². The van der Waals surface area contributed by atoms with E-state index in [0.29, 0.717) is 30.4 Å². The Hall–Kier alpha value is -1.41. The number of nitrogens with one attached hydrogen (secondary N) is 1. The van der Waals surface area contributed by atoms with Crippen LogP contribution < -0.4 is 16.2 Å². The summed E-state index contributed by atoms with van der Waals surface area (Å²) in [6.45, 7) is 2.50. The molecule has 0 spiro atoms. The monoisotopic (exact) mass is 273 g/mol. The van der Waals surface area contributed by atoms with Gasteiger partial charge in [0.15, 0.2) is 0 Å². The minimum Gasteiger partial charge on any atom is -0.384 e. The molecule has 102 valence electrons. The van der Waals surface area contributed by atoms with Gasteiger partial charge >= 0.3 is 0 Å². The number of hydrogen-bond donors (Lipinski definition) is 3. The highest BCUT2D eigenvalue weighted by Gasteiger charge is 2.04. The summed E-state index contributed by atoms with van der Waals surface area (Å²) in [5.41, 5.74) is 5.66. The Morgan fingerprint density at radius 3 is 2.72 bits per heavy atom. The first-order valence-electron chi connectivity index (χ1n) is 5.78. The van der Waals surface area contributed by atoms with Crippen LogP contribution in [0.3, 0.4) is 0 Å². The second kappa shape index (κ2) is 6.50. The molecule has 0 aliphatic heterocycles. The molecule has 0 amide bonds. The van der Waals surface area contributed by atoms with E-state index in [4.69, 9.17) is 10.9 Å². The van der Waals surface area contributed by atoms with Gasteiger partial charge in [-0.1, -0.05) is 6.92 Å². The summed E-state index contributed by atoms with van der Waals surface area (Å²) in [6, 6.07) is 1.62. The maximum absolute atomic E-state index is 10.7. The molecule has 0 aliphatic carbocycles. The molecule has 0 atom stereocenters. The number of nitrogens with zero attached hydrogens (tertiary/aromatic N) is 2. The highest BCUT2D eigenvalue weighted by atomic mass is 32.2. The van der Waals surface area contributed by atoms with Crippen molar-refractivity contribution < 1.29 is 8.42 Å².